The topological polar surface area (TPSA) is 35.5 Å². The van der Waals surface area contributed by atoms with Crippen molar-refractivity contribution in [1.29, 1.82) is 0 Å². The summed E-state index contributed by atoms with van der Waals surface area (Å²) in [6.45, 7) is 6.15. The molecule has 0 aromatic rings. The Balaban J connectivity index is 2.21. The molecule has 3 nitrogen and oxygen atoms in total. The number of nitrogens with one attached hydrogen (secondary N) is 1. The molecule has 1 atom stereocenters. The molecule has 1 aliphatic heterocycles. The largest absolute Gasteiger partial charge is 0.394 e. The van der Waals surface area contributed by atoms with E-state index in [1.54, 1.807) is 0 Å². The molecule has 0 saturated carbocycles. The van der Waals surface area contributed by atoms with Crippen molar-refractivity contribution >= 4 is 0 Å². The number of likely N-dealkylation sites (N-methyl/N-ethyl adjacent to an activating group) is 1. The second-order valence-corrected chi connectivity index (χ2v) is 5.05. The normalized spacial score (nSPS) is 21.9. The van der Waals surface area contributed by atoms with Gasteiger partial charge in [-0.1, -0.05) is 13.3 Å². The van der Waals surface area contributed by atoms with E-state index in [0.717, 1.165) is 12.8 Å². The van der Waals surface area contributed by atoms with Crippen LogP contribution in [-0.2, 0) is 0 Å². The molecule has 0 amide bonds. The first kappa shape index (κ1) is 13.9. The maximum atomic E-state index is 9.44. The van der Waals surface area contributed by atoms with Gasteiger partial charge < -0.3 is 15.3 Å². The average Bonchev–Trinajstić information content (AvgIpc) is 2.37. The van der Waals surface area contributed by atoms with Gasteiger partial charge in [-0.25, -0.2) is 0 Å². The van der Waals surface area contributed by atoms with Gasteiger partial charge in [-0.2, -0.15) is 0 Å². The van der Waals surface area contributed by atoms with Gasteiger partial charge in [0.05, 0.1) is 6.61 Å². The summed E-state index contributed by atoms with van der Waals surface area (Å²) in [6.07, 6.45) is 7.40. The molecule has 0 spiro atoms. The minimum atomic E-state index is -0.0458. The molecule has 1 rings (SSSR count). The Kier molecular flexibility index (Phi) is 6.32. The molecule has 2 N–H and O–H groups in total. The molecule has 0 bridgehead atoms. The van der Waals surface area contributed by atoms with E-state index in [1.807, 2.05) is 7.05 Å². The van der Waals surface area contributed by atoms with Crippen LogP contribution in [0.3, 0.4) is 0 Å². The number of nitrogens with zero attached hydrogens (tertiary/aromatic N) is 1. The predicted octanol–water partition coefficient (Wildman–Crippen LogP) is 1.61. The summed E-state index contributed by atoms with van der Waals surface area (Å²) in [5.41, 5.74) is -0.0458. The highest BCUT2D eigenvalue weighted by Gasteiger charge is 2.24. The number of rotatable bonds is 7. The van der Waals surface area contributed by atoms with Gasteiger partial charge in [-0.3, -0.25) is 0 Å². The van der Waals surface area contributed by atoms with E-state index in [-0.39, 0.29) is 12.1 Å². The van der Waals surface area contributed by atoms with Gasteiger partial charge in [0, 0.05) is 5.54 Å². The third-order valence-corrected chi connectivity index (χ3v) is 4.09. The molecule has 0 aromatic carbocycles. The fourth-order valence-electron chi connectivity index (χ4n) is 2.57. The molecule has 1 aliphatic rings. The lowest BCUT2D eigenvalue weighted by Gasteiger charge is -2.32. The molecule has 16 heavy (non-hydrogen) atoms. The molecule has 1 unspecified atom stereocenters. The van der Waals surface area contributed by atoms with Gasteiger partial charge in [0.2, 0.25) is 0 Å². The first-order valence-electron chi connectivity index (χ1n) is 6.78. The summed E-state index contributed by atoms with van der Waals surface area (Å²) in [7, 11) is 1.96. The van der Waals surface area contributed by atoms with Gasteiger partial charge in [0.25, 0.3) is 0 Å². The molecule has 3 heteroatoms. The molecule has 0 aliphatic carbocycles. The summed E-state index contributed by atoms with van der Waals surface area (Å²) >= 11 is 0. The Morgan fingerprint density at radius 3 is 2.44 bits per heavy atom. The van der Waals surface area contributed by atoms with E-state index in [1.165, 1.54) is 45.3 Å². The molecule has 1 saturated heterocycles. The number of aliphatic hydroxyl groups is 1. The Labute approximate surface area is 100 Å². The fraction of sp³-hybridized carbons (Fsp3) is 1.00. The second kappa shape index (κ2) is 7.25. The lowest BCUT2D eigenvalue weighted by atomic mass is 9.91. The number of hydrogen-bond donors (Lipinski definition) is 2. The predicted molar refractivity (Wildman–Crippen MR) is 68.7 cm³/mol. The van der Waals surface area contributed by atoms with Crippen molar-refractivity contribution in [2.45, 2.75) is 51.0 Å². The maximum absolute atomic E-state index is 9.44. The van der Waals surface area contributed by atoms with Gasteiger partial charge in [-0.15, -0.1) is 0 Å². The minimum Gasteiger partial charge on any atom is -0.394 e. The number of aliphatic hydroxyl groups excluding tert-OH is 1. The van der Waals surface area contributed by atoms with Crippen molar-refractivity contribution in [3.63, 3.8) is 0 Å². The van der Waals surface area contributed by atoms with Crippen LogP contribution in [0.4, 0.5) is 0 Å². The monoisotopic (exact) mass is 228 g/mol. The zero-order valence-corrected chi connectivity index (χ0v) is 11.0. The van der Waals surface area contributed by atoms with Crippen molar-refractivity contribution in [2.75, 3.05) is 33.3 Å². The van der Waals surface area contributed by atoms with Crippen molar-refractivity contribution in [2.24, 2.45) is 0 Å². The first-order valence-corrected chi connectivity index (χ1v) is 6.78. The molecule has 1 fully saturated rings. The van der Waals surface area contributed by atoms with Crippen LogP contribution in [0, 0.1) is 0 Å². The lowest BCUT2D eigenvalue weighted by molar-refractivity contribution is 0.142. The van der Waals surface area contributed by atoms with Crippen LogP contribution < -0.4 is 5.32 Å². The van der Waals surface area contributed by atoms with E-state index in [2.05, 4.69) is 17.1 Å². The van der Waals surface area contributed by atoms with Crippen LogP contribution in [0.25, 0.3) is 0 Å². The van der Waals surface area contributed by atoms with E-state index >= 15 is 0 Å². The molecular formula is C13H28N2O. The van der Waals surface area contributed by atoms with Crippen LogP contribution in [0.15, 0.2) is 0 Å². The minimum absolute atomic E-state index is 0.0458. The van der Waals surface area contributed by atoms with E-state index in [9.17, 15) is 5.11 Å². The Morgan fingerprint density at radius 1 is 1.25 bits per heavy atom. The third-order valence-electron chi connectivity index (χ3n) is 4.09. The Bertz CT molecular complexity index is 167. The smallest absolute Gasteiger partial charge is 0.0613 e. The van der Waals surface area contributed by atoms with Crippen LogP contribution in [0.2, 0.25) is 0 Å². The van der Waals surface area contributed by atoms with Gasteiger partial charge >= 0.3 is 0 Å². The van der Waals surface area contributed by atoms with E-state index in [4.69, 9.17) is 0 Å². The zero-order chi connectivity index (χ0) is 11.9. The standard InChI is InChI=1S/C13H28N2O/c1-3-13(12-16,14-2)8-7-11-15-9-5-4-6-10-15/h14,16H,3-12H2,1-2H3. The van der Waals surface area contributed by atoms with Crippen LogP contribution in [0.1, 0.15) is 45.4 Å². The van der Waals surface area contributed by atoms with Gasteiger partial charge in [0.1, 0.15) is 0 Å². The highest BCUT2D eigenvalue weighted by Crippen LogP contribution is 2.17. The fourth-order valence-corrected chi connectivity index (χ4v) is 2.57. The summed E-state index contributed by atoms with van der Waals surface area (Å²) in [5, 5.41) is 12.7. The number of hydrogen-bond acceptors (Lipinski definition) is 3. The zero-order valence-electron chi connectivity index (χ0n) is 11.0. The van der Waals surface area contributed by atoms with Crippen molar-refractivity contribution < 1.29 is 5.11 Å². The third kappa shape index (κ3) is 4.04. The van der Waals surface area contributed by atoms with Crippen LogP contribution in [0.5, 0.6) is 0 Å². The summed E-state index contributed by atoms with van der Waals surface area (Å²) in [6, 6.07) is 0. The SMILES string of the molecule is CCC(CO)(CCCN1CCCCC1)NC. The molecule has 1 heterocycles. The number of likely N-dealkylation sites (tertiary alicyclic amines) is 1. The molecule has 0 radical (unpaired) electrons. The maximum Gasteiger partial charge on any atom is 0.0613 e. The van der Waals surface area contributed by atoms with Crippen molar-refractivity contribution in [1.82, 2.24) is 10.2 Å². The van der Waals surface area contributed by atoms with E-state index in [0.29, 0.717) is 0 Å². The van der Waals surface area contributed by atoms with E-state index < -0.39 is 0 Å². The average molecular weight is 228 g/mol. The number of piperidine rings is 1. The summed E-state index contributed by atoms with van der Waals surface area (Å²) in [4.78, 5) is 2.57. The summed E-state index contributed by atoms with van der Waals surface area (Å²) < 4.78 is 0. The highest BCUT2D eigenvalue weighted by atomic mass is 16.3. The van der Waals surface area contributed by atoms with Gasteiger partial charge in [-0.05, 0) is 58.8 Å². The van der Waals surface area contributed by atoms with Crippen LogP contribution in [-0.4, -0.2) is 48.8 Å². The van der Waals surface area contributed by atoms with Crippen molar-refractivity contribution in [3.05, 3.63) is 0 Å². The molecule has 0 aromatic heterocycles. The summed E-state index contributed by atoms with van der Waals surface area (Å²) in [5.74, 6) is 0. The van der Waals surface area contributed by atoms with Crippen LogP contribution >= 0.6 is 0 Å². The van der Waals surface area contributed by atoms with Crippen molar-refractivity contribution in [3.8, 4) is 0 Å². The Morgan fingerprint density at radius 2 is 1.94 bits per heavy atom. The first-order chi connectivity index (χ1) is 7.76. The van der Waals surface area contributed by atoms with Gasteiger partial charge in [0.15, 0.2) is 0 Å². The molecule has 96 valence electrons. The highest BCUT2D eigenvalue weighted by molar-refractivity contribution is 4.84. The lowest BCUT2D eigenvalue weighted by Crippen LogP contribution is -2.46. The molecular weight excluding hydrogens is 200 g/mol. The second-order valence-electron chi connectivity index (χ2n) is 5.05. The Hall–Kier alpha value is -0.120. The quantitative estimate of drug-likeness (QED) is 0.695.